The number of carbonyl (C=O) groups excluding carboxylic acids is 1. The third-order valence-electron chi connectivity index (χ3n) is 6.94. The fraction of sp³-hybridized carbons (Fsp3) is 0.538. The number of fused-ring (bicyclic) bond motifs is 1. The number of allylic oxidation sites excluding steroid dienone is 7. The Morgan fingerprint density at radius 3 is 2.80 bits per heavy atom. The van der Waals surface area contributed by atoms with Crippen molar-refractivity contribution < 1.29 is 10.1 Å². The molecule has 1 heterocycles. The number of hydrogen-bond acceptors (Lipinski definition) is 2. The first-order valence-electron chi connectivity index (χ1n) is 11.7. The molecule has 0 bridgehead atoms. The van der Waals surface area contributed by atoms with Crippen molar-refractivity contribution in [3.8, 4) is 0 Å². The lowest BCUT2D eigenvalue weighted by Crippen LogP contribution is -2.91. The van der Waals surface area contributed by atoms with E-state index < -0.39 is 0 Å². The lowest BCUT2D eigenvalue weighted by Gasteiger charge is -2.30. The van der Waals surface area contributed by atoms with E-state index in [1.165, 1.54) is 5.57 Å². The van der Waals surface area contributed by atoms with Crippen LogP contribution in [0.4, 0.5) is 0 Å². The number of hydrogen-bond donors (Lipinski definition) is 2. The predicted molar refractivity (Wildman–Crippen MR) is 123 cm³/mol. The molecule has 30 heavy (non-hydrogen) atoms. The smallest absolute Gasteiger partial charge is 0.228 e. The first kappa shape index (κ1) is 21.0. The van der Waals surface area contributed by atoms with Gasteiger partial charge in [-0.05, 0) is 56.4 Å². The maximum atomic E-state index is 13.1. The van der Waals surface area contributed by atoms with Crippen LogP contribution in [-0.4, -0.2) is 23.8 Å². The number of carbonyl (C=O) groups is 1. The standard InChI is InChI=1S/C26H35N3O/c1-18-10-6-3-4-7-13-21(15-14-18)26(30)29-22-17-24-23(16-19(22)2)27-25(28-24)20-11-8-5-9-12-20/h3-6,8,10-11,17-19,21-23H,7,9,12-16H2,1-2H3,(H,27,28)(H,29,30)/p+1. The van der Waals surface area contributed by atoms with Crippen LogP contribution in [0.3, 0.4) is 0 Å². The van der Waals surface area contributed by atoms with Crippen molar-refractivity contribution in [3.63, 3.8) is 0 Å². The molecule has 4 aliphatic rings. The molecule has 0 aromatic rings. The Morgan fingerprint density at radius 1 is 1.10 bits per heavy atom. The van der Waals surface area contributed by atoms with Gasteiger partial charge in [-0.2, -0.15) is 4.99 Å². The van der Waals surface area contributed by atoms with Gasteiger partial charge < -0.3 is 5.32 Å². The molecule has 0 aromatic carbocycles. The largest absolute Gasteiger partial charge is 0.349 e. The normalized spacial score (nSPS) is 33.9. The molecule has 1 amide bonds. The van der Waals surface area contributed by atoms with E-state index in [2.05, 4.69) is 73.1 Å². The number of amidine groups is 1. The van der Waals surface area contributed by atoms with Gasteiger partial charge >= 0.3 is 0 Å². The van der Waals surface area contributed by atoms with Gasteiger partial charge in [0.15, 0.2) is 0 Å². The highest BCUT2D eigenvalue weighted by Gasteiger charge is 2.38. The van der Waals surface area contributed by atoms with Crippen LogP contribution in [0, 0.1) is 17.8 Å². The second kappa shape index (κ2) is 9.74. The molecule has 5 unspecified atom stereocenters. The van der Waals surface area contributed by atoms with Crippen LogP contribution in [-0.2, 0) is 4.79 Å². The monoisotopic (exact) mass is 406 g/mol. The van der Waals surface area contributed by atoms with Crippen molar-refractivity contribution >= 4 is 11.7 Å². The fourth-order valence-corrected chi connectivity index (χ4v) is 4.93. The summed E-state index contributed by atoms with van der Waals surface area (Å²) in [5.41, 5.74) is 2.50. The summed E-state index contributed by atoms with van der Waals surface area (Å²) in [5.74, 6) is 2.41. The molecule has 0 radical (unpaired) electrons. The molecule has 0 fully saturated rings. The predicted octanol–water partition coefficient (Wildman–Crippen LogP) is 3.95. The minimum absolute atomic E-state index is 0.0868. The van der Waals surface area contributed by atoms with E-state index in [-0.39, 0.29) is 17.9 Å². The van der Waals surface area contributed by atoms with Crippen molar-refractivity contribution in [2.45, 2.75) is 70.9 Å². The second-order valence-corrected chi connectivity index (χ2v) is 9.41. The third-order valence-corrected chi connectivity index (χ3v) is 6.94. The van der Waals surface area contributed by atoms with E-state index in [1.54, 1.807) is 0 Å². The van der Waals surface area contributed by atoms with Crippen LogP contribution < -0.4 is 10.6 Å². The van der Waals surface area contributed by atoms with Gasteiger partial charge in [-0.3, -0.25) is 10.1 Å². The maximum absolute atomic E-state index is 13.1. The quantitative estimate of drug-likeness (QED) is 0.732. The molecule has 0 saturated carbocycles. The molecule has 0 aromatic heterocycles. The van der Waals surface area contributed by atoms with Crippen LogP contribution in [0.15, 0.2) is 64.9 Å². The summed E-state index contributed by atoms with van der Waals surface area (Å²) in [4.78, 5) is 18.1. The summed E-state index contributed by atoms with van der Waals surface area (Å²) in [6, 6.07) is 0.491. The highest BCUT2D eigenvalue weighted by Crippen LogP contribution is 2.28. The lowest BCUT2D eigenvalue weighted by atomic mass is 9.85. The van der Waals surface area contributed by atoms with Crippen molar-refractivity contribution in [2.24, 2.45) is 22.7 Å². The van der Waals surface area contributed by atoms with Gasteiger partial charge in [-0.15, -0.1) is 0 Å². The number of aliphatic imine (C=N–C) groups is 1. The van der Waals surface area contributed by atoms with E-state index in [1.807, 2.05) is 0 Å². The minimum Gasteiger partial charge on any atom is -0.349 e. The average molecular weight is 407 g/mol. The van der Waals surface area contributed by atoms with Crippen LogP contribution in [0.1, 0.15) is 58.8 Å². The van der Waals surface area contributed by atoms with E-state index in [4.69, 9.17) is 4.99 Å². The molecule has 160 valence electrons. The van der Waals surface area contributed by atoms with Crippen molar-refractivity contribution in [1.29, 1.82) is 0 Å². The van der Waals surface area contributed by atoms with E-state index in [0.717, 1.165) is 56.5 Å². The van der Waals surface area contributed by atoms with Crippen molar-refractivity contribution in [2.75, 3.05) is 0 Å². The molecular weight excluding hydrogens is 370 g/mol. The molecule has 1 aliphatic heterocycles. The molecule has 0 saturated heterocycles. The minimum atomic E-state index is 0.0868. The van der Waals surface area contributed by atoms with Gasteiger partial charge in [0.1, 0.15) is 11.7 Å². The summed E-state index contributed by atoms with van der Waals surface area (Å²) in [7, 11) is 0. The molecule has 3 aliphatic carbocycles. The zero-order valence-electron chi connectivity index (χ0n) is 18.4. The Balaban J connectivity index is 1.42. The Morgan fingerprint density at radius 2 is 1.97 bits per heavy atom. The number of nitrogens with two attached hydrogens (primary N) is 1. The first-order valence-corrected chi connectivity index (χ1v) is 11.7. The SMILES string of the molecule is CC1C=CC=CCCC(C(=O)NC2C=C3N=C(C4=CC=CCC4)[NH2+]C3CC2C)CC1. The maximum Gasteiger partial charge on any atom is 0.228 e. The van der Waals surface area contributed by atoms with Gasteiger partial charge in [0, 0.05) is 17.9 Å². The summed E-state index contributed by atoms with van der Waals surface area (Å²) in [5, 5.41) is 5.72. The molecule has 4 rings (SSSR count). The second-order valence-electron chi connectivity index (χ2n) is 9.41. The Bertz CT molecular complexity index is 829. The molecule has 4 heteroatoms. The highest BCUT2D eigenvalue weighted by atomic mass is 16.1. The molecule has 0 spiro atoms. The Hall–Kier alpha value is -2.20. The van der Waals surface area contributed by atoms with Gasteiger partial charge in [0.05, 0.1) is 6.04 Å². The molecular formula is C26H36N3O+. The van der Waals surface area contributed by atoms with Gasteiger partial charge in [0.25, 0.3) is 0 Å². The van der Waals surface area contributed by atoms with E-state index in [0.29, 0.717) is 17.9 Å². The summed E-state index contributed by atoms with van der Waals surface area (Å²) in [6.07, 6.45) is 24.6. The summed E-state index contributed by atoms with van der Waals surface area (Å²) < 4.78 is 0. The van der Waals surface area contributed by atoms with Crippen LogP contribution in [0.5, 0.6) is 0 Å². The average Bonchev–Trinajstić information content (AvgIpc) is 3.16. The summed E-state index contributed by atoms with van der Waals surface area (Å²) >= 11 is 0. The zero-order chi connectivity index (χ0) is 20.9. The fourth-order valence-electron chi connectivity index (χ4n) is 4.93. The summed E-state index contributed by atoms with van der Waals surface area (Å²) in [6.45, 7) is 4.49. The van der Waals surface area contributed by atoms with Gasteiger partial charge in [0.2, 0.25) is 11.7 Å². The number of amides is 1. The topological polar surface area (TPSA) is 58.1 Å². The number of quaternary nitrogens is 1. The van der Waals surface area contributed by atoms with Crippen LogP contribution >= 0.6 is 0 Å². The van der Waals surface area contributed by atoms with Crippen molar-refractivity contribution in [1.82, 2.24) is 5.32 Å². The number of rotatable bonds is 3. The van der Waals surface area contributed by atoms with Crippen LogP contribution in [0.25, 0.3) is 0 Å². The Kier molecular flexibility index (Phi) is 6.83. The van der Waals surface area contributed by atoms with Crippen molar-refractivity contribution in [3.05, 3.63) is 59.9 Å². The molecule has 5 atom stereocenters. The van der Waals surface area contributed by atoms with E-state index in [9.17, 15) is 4.79 Å². The highest BCUT2D eigenvalue weighted by molar-refractivity contribution is 5.93. The molecule has 3 N–H and O–H groups in total. The van der Waals surface area contributed by atoms with E-state index >= 15 is 0 Å². The number of nitrogens with zero attached hydrogens (tertiary/aromatic N) is 1. The van der Waals surface area contributed by atoms with Gasteiger partial charge in [-0.25, -0.2) is 0 Å². The zero-order valence-corrected chi connectivity index (χ0v) is 18.4. The lowest BCUT2D eigenvalue weighted by molar-refractivity contribution is -0.565. The number of nitrogens with one attached hydrogen (secondary N) is 1. The molecule has 4 nitrogen and oxygen atoms in total. The Labute approximate surface area is 181 Å². The van der Waals surface area contributed by atoms with Crippen LogP contribution in [0.2, 0.25) is 0 Å². The first-order chi connectivity index (χ1) is 14.6. The van der Waals surface area contributed by atoms with Gasteiger partial charge in [-0.1, -0.05) is 56.4 Å². The third kappa shape index (κ3) is 5.10.